The topological polar surface area (TPSA) is 40.8 Å². The van der Waals surface area contributed by atoms with Gasteiger partial charge in [-0.05, 0) is 31.5 Å². The summed E-state index contributed by atoms with van der Waals surface area (Å²) in [5, 5.41) is 9.41. The van der Waals surface area contributed by atoms with Gasteiger partial charge in [0.25, 0.3) is 0 Å². The molecule has 0 saturated carbocycles. The first-order valence-electron chi connectivity index (χ1n) is 6.64. The molecule has 0 spiro atoms. The van der Waals surface area contributed by atoms with Gasteiger partial charge in [-0.15, -0.1) is 0 Å². The Morgan fingerprint density at radius 3 is 3.11 bits per heavy atom. The Bertz CT molecular complexity index is 489. The van der Waals surface area contributed by atoms with Crippen molar-refractivity contribution in [2.45, 2.75) is 31.8 Å². The summed E-state index contributed by atoms with van der Waals surface area (Å²) in [4.78, 5) is 6.97. The summed E-state index contributed by atoms with van der Waals surface area (Å²) in [7, 11) is 0. The predicted octanol–water partition coefficient (Wildman–Crippen LogP) is 1.68. The summed E-state index contributed by atoms with van der Waals surface area (Å²) < 4.78 is 2.05. The molecule has 1 N–H and O–H groups in total. The SMILES string of the molecule is OCC1CCCCN1Cc1cn2ccccc2n1. The number of aromatic nitrogens is 2. The fraction of sp³-hybridized carbons (Fsp3) is 0.500. The van der Waals surface area contributed by atoms with Crippen molar-refractivity contribution in [2.24, 2.45) is 0 Å². The molecule has 18 heavy (non-hydrogen) atoms. The van der Waals surface area contributed by atoms with E-state index < -0.39 is 0 Å². The van der Waals surface area contributed by atoms with Crippen LogP contribution >= 0.6 is 0 Å². The third kappa shape index (κ3) is 2.26. The Labute approximate surface area is 107 Å². The molecule has 2 aromatic heterocycles. The van der Waals surface area contributed by atoms with Crippen LogP contribution in [0.1, 0.15) is 25.0 Å². The van der Waals surface area contributed by atoms with Gasteiger partial charge in [-0.3, -0.25) is 4.90 Å². The van der Waals surface area contributed by atoms with Crippen LogP contribution < -0.4 is 0 Å². The maximum Gasteiger partial charge on any atom is 0.137 e. The molecular weight excluding hydrogens is 226 g/mol. The van der Waals surface area contributed by atoms with E-state index in [1.165, 1.54) is 12.8 Å². The highest BCUT2D eigenvalue weighted by Gasteiger charge is 2.22. The van der Waals surface area contributed by atoms with E-state index in [1.54, 1.807) is 0 Å². The van der Waals surface area contributed by atoms with Crippen LogP contribution in [0.3, 0.4) is 0 Å². The van der Waals surface area contributed by atoms with Crippen molar-refractivity contribution in [3.05, 3.63) is 36.3 Å². The number of likely N-dealkylation sites (tertiary alicyclic amines) is 1. The zero-order valence-corrected chi connectivity index (χ0v) is 10.5. The highest BCUT2D eigenvalue weighted by molar-refractivity contribution is 5.39. The monoisotopic (exact) mass is 245 g/mol. The number of aliphatic hydroxyl groups is 1. The summed E-state index contributed by atoms with van der Waals surface area (Å²) in [5.74, 6) is 0. The third-order valence-electron chi connectivity index (χ3n) is 3.74. The minimum atomic E-state index is 0.257. The average Bonchev–Trinajstić information content (AvgIpc) is 2.81. The van der Waals surface area contributed by atoms with Crippen molar-refractivity contribution in [3.63, 3.8) is 0 Å². The number of hydrogen-bond acceptors (Lipinski definition) is 3. The van der Waals surface area contributed by atoms with E-state index in [0.717, 1.165) is 30.9 Å². The van der Waals surface area contributed by atoms with Gasteiger partial charge in [-0.2, -0.15) is 0 Å². The molecule has 1 aliphatic heterocycles. The second-order valence-corrected chi connectivity index (χ2v) is 5.00. The van der Waals surface area contributed by atoms with Gasteiger partial charge in [0.2, 0.25) is 0 Å². The molecule has 1 fully saturated rings. The van der Waals surface area contributed by atoms with Crippen LogP contribution in [-0.4, -0.2) is 38.6 Å². The molecule has 0 radical (unpaired) electrons. The average molecular weight is 245 g/mol. The van der Waals surface area contributed by atoms with Crippen molar-refractivity contribution >= 4 is 5.65 Å². The van der Waals surface area contributed by atoms with E-state index in [2.05, 4.69) is 16.1 Å². The molecular formula is C14H19N3O. The van der Waals surface area contributed by atoms with Gasteiger partial charge in [0.15, 0.2) is 0 Å². The first-order valence-corrected chi connectivity index (χ1v) is 6.64. The minimum Gasteiger partial charge on any atom is -0.395 e. The van der Waals surface area contributed by atoms with Gasteiger partial charge >= 0.3 is 0 Å². The van der Waals surface area contributed by atoms with Crippen LogP contribution in [0.5, 0.6) is 0 Å². The fourth-order valence-corrected chi connectivity index (χ4v) is 2.75. The number of fused-ring (bicyclic) bond motifs is 1. The number of nitrogens with zero attached hydrogens (tertiary/aromatic N) is 3. The molecule has 3 heterocycles. The number of hydrogen-bond donors (Lipinski definition) is 1. The summed E-state index contributed by atoms with van der Waals surface area (Å²) in [6, 6.07) is 6.34. The van der Waals surface area contributed by atoms with E-state index in [1.807, 2.05) is 28.8 Å². The molecule has 4 nitrogen and oxygen atoms in total. The summed E-state index contributed by atoms with van der Waals surface area (Å²) in [6.45, 7) is 2.17. The van der Waals surface area contributed by atoms with Crippen molar-refractivity contribution in [1.82, 2.24) is 14.3 Å². The molecule has 4 heteroatoms. The molecule has 2 aromatic rings. The molecule has 0 aliphatic carbocycles. The number of aliphatic hydroxyl groups excluding tert-OH is 1. The Morgan fingerprint density at radius 2 is 2.28 bits per heavy atom. The largest absolute Gasteiger partial charge is 0.395 e. The normalized spacial score (nSPS) is 21.5. The number of rotatable bonds is 3. The molecule has 1 aliphatic rings. The Morgan fingerprint density at radius 1 is 1.33 bits per heavy atom. The van der Waals surface area contributed by atoms with Crippen LogP contribution in [0.4, 0.5) is 0 Å². The fourth-order valence-electron chi connectivity index (χ4n) is 2.75. The van der Waals surface area contributed by atoms with Crippen LogP contribution in [0.15, 0.2) is 30.6 Å². The van der Waals surface area contributed by atoms with Gasteiger partial charge in [0, 0.05) is 25.0 Å². The van der Waals surface area contributed by atoms with Crippen LogP contribution in [0, 0.1) is 0 Å². The van der Waals surface area contributed by atoms with E-state index >= 15 is 0 Å². The summed E-state index contributed by atoms with van der Waals surface area (Å²) in [5.41, 5.74) is 2.08. The molecule has 0 bridgehead atoms. The standard InChI is InChI=1S/C14H19N3O/c18-11-13-5-1-3-7-16(13)9-12-10-17-8-4-2-6-14(17)15-12/h2,4,6,8,10,13,18H,1,3,5,7,9,11H2. The van der Waals surface area contributed by atoms with Crippen molar-refractivity contribution in [2.75, 3.05) is 13.2 Å². The third-order valence-corrected chi connectivity index (χ3v) is 3.74. The zero-order chi connectivity index (χ0) is 12.4. The Balaban J connectivity index is 1.78. The van der Waals surface area contributed by atoms with E-state index in [0.29, 0.717) is 6.04 Å². The lowest BCUT2D eigenvalue weighted by molar-refractivity contribution is 0.0832. The second-order valence-electron chi connectivity index (χ2n) is 5.00. The molecule has 3 rings (SSSR count). The van der Waals surface area contributed by atoms with E-state index in [9.17, 15) is 5.11 Å². The smallest absolute Gasteiger partial charge is 0.137 e. The molecule has 96 valence electrons. The first kappa shape index (κ1) is 11.7. The summed E-state index contributed by atoms with van der Waals surface area (Å²) >= 11 is 0. The highest BCUT2D eigenvalue weighted by atomic mass is 16.3. The van der Waals surface area contributed by atoms with E-state index in [4.69, 9.17) is 0 Å². The molecule has 1 atom stereocenters. The number of imidazole rings is 1. The van der Waals surface area contributed by atoms with Gasteiger partial charge in [0.05, 0.1) is 12.3 Å². The van der Waals surface area contributed by atoms with Crippen molar-refractivity contribution < 1.29 is 5.11 Å². The van der Waals surface area contributed by atoms with Gasteiger partial charge in [0.1, 0.15) is 5.65 Å². The number of piperidine rings is 1. The highest BCUT2D eigenvalue weighted by Crippen LogP contribution is 2.19. The maximum absolute atomic E-state index is 9.41. The summed E-state index contributed by atoms with van der Waals surface area (Å²) in [6.07, 6.45) is 7.66. The maximum atomic E-state index is 9.41. The lowest BCUT2D eigenvalue weighted by atomic mass is 10.0. The molecule has 0 aromatic carbocycles. The van der Waals surface area contributed by atoms with Gasteiger partial charge < -0.3 is 9.51 Å². The Hall–Kier alpha value is -1.39. The quantitative estimate of drug-likeness (QED) is 0.894. The van der Waals surface area contributed by atoms with E-state index in [-0.39, 0.29) is 6.61 Å². The molecule has 1 saturated heterocycles. The Kier molecular flexibility index (Phi) is 3.30. The van der Waals surface area contributed by atoms with Crippen molar-refractivity contribution in [1.29, 1.82) is 0 Å². The molecule has 0 amide bonds. The number of pyridine rings is 1. The lowest BCUT2D eigenvalue weighted by Gasteiger charge is -2.33. The van der Waals surface area contributed by atoms with Crippen molar-refractivity contribution in [3.8, 4) is 0 Å². The predicted molar refractivity (Wildman–Crippen MR) is 70.3 cm³/mol. The lowest BCUT2D eigenvalue weighted by Crippen LogP contribution is -2.41. The van der Waals surface area contributed by atoms with Gasteiger partial charge in [-0.1, -0.05) is 12.5 Å². The zero-order valence-electron chi connectivity index (χ0n) is 10.5. The minimum absolute atomic E-state index is 0.257. The van der Waals surface area contributed by atoms with Crippen LogP contribution in [0.2, 0.25) is 0 Å². The molecule has 1 unspecified atom stereocenters. The second kappa shape index (κ2) is 5.08. The van der Waals surface area contributed by atoms with Crippen LogP contribution in [-0.2, 0) is 6.54 Å². The van der Waals surface area contributed by atoms with Gasteiger partial charge in [-0.25, -0.2) is 4.98 Å². The van der Waals surface area contributed by atoms with Crippen LogP contribution in [0.25, 0.3) is 5.65 Å². The first-order chi connectivity index (χ1) is 8.86.